The largest absolute Gasteiger partial charge is 0.433 e. The second-order valence-electron chi connectivity index (χ2n) is 4.48. The summed E-state index contributed by atoms with van der Waals surface area (Å²) in [6, 6.07) is 5.59. The van der Waals surface area contributed by atoms with Gasteiger partial charge in [-0.1, -0.05) is 17.7 Å². The first-order valence-electron chi connectivity index (χ1n) is 6.18. The summed E-state index contributed by atoms with van der Waals surface area (Å²) in [5, 5.41) is 9.71. The lowest BCUT2D eigenvalue weighted by Gasteiger charge is -2.14. The van der Waals surface area contributed by atoms with Gasteiger partial charge in [-0.3, -0.25) is 4.98 Å². The van der Waals surface area contributed by atoms with Crippen LogP contribution in [0.4, 0.5) is 13.2 Å². The third kappa shape index (κ3) is 4.15. The molecule has 0 aliphatic heterocycles. The summed E-state index contributed by atoms with van der Waals surface area (Å²) in [5.74, 6) is 0. The summed E-state index contributed by atoms with van der Waals surface area (Å²) in [6.45, 7) is 0. The molecule has 0 saturated heterocycles. The normalized spacial score (nSPS) is 13.2. The predicted octanol–water partition coefficient (Wildman–Crippen LogP) is 3.82. The zero-order chi connectivity index (χ0) is 15.5. The molecule has 21 heavy (non-hydrogen) atoms. The number of aryl methyl sites for hydroxylation is 1. The average Bonchev–Trinajstić information content (AvgIpc) is 2.45. The van der Waals surface area contributed by atoms with Gasteiger partial charge in [0.2, 0.25) is 0 Å². The van der Waals surface area contributed by atoms with Gasteiger partial charge in [0.25, 0.3) is 0 Å². The van der Waals surface area contributed by atoms with Crippen LogP contribution in [0.3, 0.4) is 0 Å². The molecule has 0 spiro atoms. The van der Waals surface area contributed by atoms with Crippen molar-refractivity contribution in [2.24, 2.45) is 0 Å². The minimum Gasteiger partial charge on any atom is -0.388 e. The fourth-order valence-electron chi connectivity index (χ4n) is 1.86. The summed E-state index contributed by atoms with van der Waals surface area (Å²) in [7, 11) is 0. The fraction of sp³-hybridized carbons (Fsp3) is 0.286. The van der Waals surface area contributed by atoms with Gasteiger partial charge in [-0.2, -0.15) is 13.2 Å². The lowest BCUT2D eigenvalue weighted by Crippen LogP contribution is -2.10. The van der Waals surface area contributed by atoms with Crippen LogP contribution in [0.15, 0.2) is 36.7 Å². The molecule has 0 fully saturated rings. The van der Waals surface area contributed by atoms with Crippen LogP contribution in [0.1, 0.15) is 29.3 Å². The fourth-order valence-corrected chi connectivity index (χ4v) is 2.14. The molecule has 0 saturated carbocycles. The van der Waals surface area contributed by atoms with Crippen molar-refractivity contribution >= 4 is 11.6 Å². The monoisotopic (exact) mass is 316 g/mol. The van der Waals surface area contributed by atoms with Crippen LogP contribution >= 0.6 is 11.6 Å². The molecule has 0 aliphatic carbocycles. The summed E-state index contributed by atoms with van der Waals surface area (Å²) in [6.07, 6.45) is -1.37. The maximum Gasteiger partial charge on any atom is 0.433 e. The Hall–Kier alpha value is -1.66. The Labute approximate surface area is 124 Å². The van der Waals surface area contributed by atoms with Gasteiger partial charge < -0.3 is 5.11 Å². The third-order valence-corrected chi connectivity index (χ3v) is 3.29. The molecule has 112 valence electrons. The lowest BCUT2D eigenvalue weighted by atomic mass is 10.0. The van der Waals surface area contributed by atoms with E-state index in [0.29, 0.717) is 12.8 Å². The predicted molar refractivity (Wildman–Crippen MR) is 71.8 cm³/mol. The molecular weight excluding hydrogens is 305 g/mol. The number of aliphatic hydroxyl groups excluding tert-OH is 1. The van der Waals surface area contributed by atoms with Crippen molar-refractivity contribution < 1.29 is 18.3 Å². The van der Waals surface area contributed by atoms with Crippen molar-refractivity contribution in [3.8, 4) is 0 Å². The van der Waals surface area contributed by atoms with E-state index in [2.05, 4.69) is 9.97 Å². The Morgan fingerprint density at radius 1 is 1.14 bits per heavy atom. The lowest BCUT2D eigenvalue weighted by molar-refractivity contribution is -0.141. The minimum absolute atomic E-state index is 0.193. The molecule has 0 bridgehead atoms. The molecule has 0 amide bonds. The standard InChI is InChI=1S/C14H12ClF3N2O/c15-13-10(2-4-12(20-13)14(16,17)18)11(21)3-1-9-5-7-19-8-6-9/h2,4-8,11,21H,1,3H2. The highest BCUT2D eigenvalue weighted by Crippen LogP contribution is 2.32. The van der Waals surface area contributed by atoms with E-state index >= 15 is 0 Å². The second-order valence-corrected chi connectivity index (χ2v) is 4.84. The quantitative estimate of drug-likeness (QED) is 0.872. The molecule has 2 aromatic heterocycles. The highest BCUT2D eigenvalue weighted by molar-refractivity contribution is 6.30. The van der Waals surface area contributed by atoms with Gasteiger partial charge in [0.15, 0.2) is 0 Å². The number of hydrogen-bond acceptors (Lipinski definition) is 3. The van der Waals surface area contributed by atoms with E-state index in [1.807, 2.05) is 0 Å². The summed E-state index contributed by atoms with van der Waals surface area (Å²) >= 11 is 5.73. The van der Waals surface area contributed by atoms with Crippen molar-refractivity contribution in [1.29, 1.82) is 0 Å². The highest BCUT2D eigenvalue weighted by atomic mass is 35.5. The van der Waals surface area contributed by atoms with Crippen molar-refractivity contribution in [2.45, 2.75) is 25.1 Å². The molecule has 0 aliphatic rings. The Morgan fingerprint density at radius 3 is 2.38 bits per heavy atom. The van der Waals surface area contributed by atoms with Crippen LogP contribution < -0.4 is 0 Å². The van der Waals surface area contributed by atoms with Gasteiger partial charge in [0.1, 0.15) is 10.8 Å². The van der Waals surface area contributed by atoms with Gasteiger partial charge >= 0.3 is 6.18 Å². The molecular formula is C14H12ClF3N2O. The van der Waals surface area contributed by atoms with E-state index < -0.39 is 18.0 Å². The number of rotatable bonds is 4. The van der Waals surface area contributed by atoms with E-state index in [-0.39, 0.29) is 10.7 Å². The number of halogens is 4. The molecule has 1 atom stereocenters. The number of aromatic nitrogens is 2. The SMILES string of the molecule is OC(CCc1ccncc1)c1ccc(C(F)(F)F)nc1Cl. The van der Waals surface area contributed by atoms with Gasteiger partial charge in [0.05, 0.1) is 6.10 Å². The van der Waals surface area contributed by atoms with E-state index in [1.54, 1.807) is 24.5 Å². The van der Waals surface area contributed by atoms with Crippen LogP contribution in [0.2, 0.25) is 5.15 Å². The number of pyridine rings is 2. The molecule has 3 nitrogen and oxygen atoms in total. The summed E-state index contributed by atoms with van der Waals surface area (Å²) < 4.78 is 37.4. The second kappa shape index (κ2) is 6.41. The van der Waals surface area contributed by atoms with Crippen molar-refractivity contribution in [3.63, 3.8) is 0 Å². The highest BCUT2D eigenvalue weighted by Gasteiger charge is 2.33. The number of alkyl halides is 3. The zero-order valence-corrected chi connectivity index (χ0v) is 11.6. The first kappa shape index (κ1) is 15.7. The molecule has 0 aromatic carbocycles. The van der Waals surface area contributed by atoms with E-state index in [0.717, 1.165) is 17.7 Å². The first-order chi connectivity index (χ1) is 9.88. The van der Waals surface area contributed by atoms with Crippen LogP contribution in [-0.4, -0.2) is 15.1 Å². The summed E-state index contributed by atoms with van der Waals surface area (Å²) in [5.41, 5.74) is 0.0938. The molecule has 1 N–H and O–H groups in total. The molecule has 2 heterocycles. The van der Waals surface area contributed by atoms with Gasteiger partial charge in [0, 0.05) is 18.0 Å². The Balaban J connectivity index is 2.07. The van der Waals surface area contributed by atoms with Crippen LogP contribution in [0.5, 0.6) is 0 Å². The van der Waals surface area contributed by atoms with E-state index in [4.69, 9.17) is 11.6 Å². The van der Waals surface area contributed by atoms with Gasteiger partial charge in [-0.15, -0.1) is 0 Å². The van der Waals surface area contributed by atoms with E-state index in [9.17, 15) is 18.3 Å². The van der Waals surface area contributed by atoms with E-state index in [1.165, 1.54) is 0 Å². The van der Waals surface area contributed by atoms with Crippen LogP contribution in [-0.2, 0) is 12.6 Å². The Bertz CT molecular complexity index is 605. The smallest absolute Gasteiger partial charge is 0.388 e. The molecule has 0 radical (unpaired) electrons. The Kier molecular flexibility index (Phi) is 4.80. The van der Waals surface area contributed by atoms with Gasteiger partial charge in [-0.05, 0) is 36.6 Å². The van der Waals surface area contributed by atoms with Crippen molar-refractivity contribution in [2.75, 3.05) is 0 Å². The first-order valence-corrected chi connectivity index (χ1v) is 6.56. The molecule has 2 aromatic rings. The third-order valence-electron chi connectivity index (χ3n) is 2.98. The zero-order valence-electron chi connectivity index (χ0n) is 10.8. The molecule has 7 heteroatoms. The number of nitrogens with zero attached hydrogens (tertiary/aromatic N) is 2. The van der Waals surface area contributed by atoms with Crippen LogP contribution in [0.25, 0.3) is 0 Å². The molecule has 2 rings (SSSR count). The number of aliphatic hydroxyl groups is 1. The van der Waals surface area contributed by atoms with Crippen molar-refractivity contribution in [1.82, 2.24) is 9.97 Å². The van der Waals surface area contributed by atoms with Crippen LogP contribution in [0, 0.1) is 0 Å². The maximum absolute atomic E-state index is 12.5. The summed E-state index contributed by atoms with van der Waals surface area (Å²) in [4.78, 5) is 7.17. The van der Waals surface area contributed by atoms with Gasteiger partial charge in [-0.25, -0.2) is 4.98 Å². The Morgan fingerprint density at radius 2 is 1.81 bits per heavy atom. The topological polar surface area (TPSA) is 46.0 Å². The maximum atomic E-state index is 12.5. The van der Waals surface area contributed by atoms with Crippen molar-refractivity contribution in [3.05, 3.63) is 58.6 Å². The molecule has 1 unspecified atom stereocenters. The number of hydrogen-bond donors (Lipinski definition) is 1. The average molecular weight is 317 g/mol. The minimum atomic E-state index is -4.55.